The maximum atomic E-state index is 12.3. The average molecular weight is 259 g/mol. The van der Waals surface area contributed by atoms with Crippen LogP contribution in [0.3, 0.4) is 0 Å². The summed E-state index contributed by atoms with van der Waals surface area (Å²) in [5.41, 5.74) is -0.178. The van der Waals surface area contributed by atoms with E-state index in [1.807, 2.05) is 0 Å². The minimum Gasteiger partial charge on any atom is -0.477 e. The van der Waals surface area contributed by atoms with Crippen LogP contribution in [-0.2, 0) is 13.6 Å². The SMILES string of the molecule is CCOP(=O)(OCC)c1cccc(C(=O)O)n1. The molecule has 0 aromatic carbocycles. The molecule has 0 bridgehead atoms. The summed E-state index contributed by atoms with van der Waals surface area (Å²) in [7, 11) is -3.51. The number of hydrogen-bond acceptors (Lipinski definition) is 5. The summed E-state index contributed by atoms with van der Waals surface area (Å²) >= 11 is 0. The standard InChI is InChI=1S/C10H14NO5P/c1-3-15-17(14,16-4-2)9-7-5-6-8(11-9)10(12)13/h5-7H,3-4H2,1-2H3,(H,12,13). The number of carboxylic acid groups (broad SMARTS) is 1. The minimum absolute atomic E-state index is 0.0149. The lowest BCUT2D eigenvalue weighted by molar-refractivity contribution is 0.0691. The highest BCUT2D eigenvalue weighted by molar-refractivity contribution is 7.61. The van der Waals surface area contributed by atoms with E-state index in [4.69, 9.17) is 14.2 Å². The first-order valence-corrected chi connectivity index (χ1v) is 6.67. The predicted molar refractivity (Wildman–Crippen MR) is 61.7 cm³/mol. The van der Waals surface area contributed by atoms with E-state index in [0.29, 0.717) is 0 Å². The number of nitrogens with zero attached hydrogens (tertiary/aromatic N) is 1. The van der Waals surface area contributed by atoms with E-state index in [0.717, 1.165) is 0 Å². The van der Waals surface area contributed by atoms with Gasteiger partial charge in [-0.1, -0.05) is 6.07 Å². The van der Waals surface area contributed by atoms with Crippen molar-refractivity contribution in [3.05, 3.63) is 23.9 Å². The van der Waals surface area contributed by atoms with Crippen LogP contribution in [0.5, 0.6) is 0 Å². The van der Waals surface area contributed by atoms with Crippen molar-refractivity contribution in [2.24, 2.45) is 0 Å². The molecule has 1 heterocycles. The molecule has 0 amide bonds. The normalized spacial score (nSPS) is 11.4. The van der Waals surface area contributed by atoms with E-state index in [2.05, 4.69) is 4.98 Å². The molecule has 0 spiro atoms. The van der Waals surface area contributed by atoms with Crippen LogP contribution < -0.4 is 5.44 Å². The zero-order valence-electron chi connectivity index (χ0n) is 9.62. The number of hydrogen-bond donors (Lipinski definition) is 1. The molecule has 0 radical (unpaired) electrons. The van der Waals surface area contributed by atoms with Crippen molar-refractivity contribution in [1.82, 2.24) is 4.98 Å². The molecule has 0 aliphatic rings. The van der Waals surface area contributed by atoms with Crippen LogP contribution in [0.2, 0.25) is 0 Å². The third-order valence-electron chi connectivity index (χ3n) is 1.83. The van der Waals surface area contributed by atoms with Crippen LogP contribution in [0.1, 0.15) is 24.3 Å². The van der Waals surface area contributed by atoms with Gasteiger partial charge in [0, 0.05) is 0 Å². The molecule has 1 aromatic heterocycles. The van der Waals surface area contributed by atoms with Gasteiger partial charge in [0.1, 0.15) is 5.69 Å². The topological polar surface area (TPSA) is 85.7 Å². The van der Waals surface area contributed by atoms with Crippen LogP contribution in [0.25, 0.3) is 0 Å². The lowest BCUT2D eigenvalue weighted by Crippen LogP contribution is -2.17. The van der Waals surface area contributed by atoms with Crippen LogP contribution in [0.4, 0.5) is 0 Å². The Labute approximate surface area is 99.1 Å². The summed E-state index contributed by atoms with van der Waals surface area (Å²) in [5.74, 6) is -1.19. The zero-order chi connectivity index (χ0) is 12.9. The summed E-state index contributed by atoms with van der Waals surface area (Å²) in [4.78, 5) is 14.5. The van der Waals surface area contributed by atoms with Gasteiger partial charge in [0.2, 0.25) is 0 Å². The highest BCUT2D eigenvalue weighted by Gasteiger charge is 2.29. The maximum absolute atomic E-state index is 12.3. The number of pyridine rings is 1. The number of rotatable bonds is 6. The van der Waals surface area contributed by atoms with Crippen LogP contribution in [0, 0.1) is 0 Å². The van der Waals surface area contributed by atoms with Crippen molar-refractivity contribution in [2.45, 2.75) is 13.8 Å². The first-order valence-electron chi connectivity index (χ1n) is 5.13. The maximum Gasteiger partial charge on any atom is 0.379 e. The molecule has 7 heteroatoms. The molecule has 0 aliphatic carbocycles. The molecule has 17 heavy (non-hydrogen) atoms. The van der Waals surface area contributed by atoms with Gasteiger partial charge in [-0.15, -0.1) is 0 Å². The van der Waals surface area contributed by atoms with Crippen LogP contribution in [0.15, 0.2) is 18.2 Å². The largest absolute Gasteiger partial charge is 0.477 e. The van der Waals surface area contributed by atoms with Crippen molar-refractivity contribution in [1.29, 1.82) is 0 Å². The summed E-state index contributed by atoms with van der Waals surface area (Å²) < 4.78 is 22.4. The predicted octanol–water partition coefficient (Wildman–Crippen LogP) is 1.67. The number of aromatic nitrogens is 1. The molecule has 0 fully saturated rings. The number of carbonyl (C=O) groups is 1. The lowest BCUT2D eigenvalue weighted by Gasteiger charge is -2.16. The van der Waals surface area contributed by atoms with Crippen molar-refractivity contribution in [3.63, 3.8) is 0 Å². The van der Waals surface area contributed by atoms with E-state index in [-0.39, 0.29) is 24.3 Å². The molecule has 94 valence electrons. The van der Waals surface area contributed by atoms with Gasteiger partial charge in [-0.3, -0.25) is 4.57 Å². The number of carboxylic acids is 1. The Morgan fingerprint density at radius 2 is 1.94 bits per heavy atom. The first-order chi connectivity index (χ1) is 8.03. The van der Waals surface area contributed by atoms with Gasteiger partial charge in [-0.25, -0.2) is 9.78 Å². The molecule has 0 saturated carbocycles. The van der Waals surface area contributed by atoms with E-state index < -0.39 is 13.6 Å². The van der Waals surface area contributed by atoms with Gasteiger partial charge in [0.05, 0.1) is 13.2 Å². The third-order valence-corrected chi connectivity index (χ3v) is 3.84. The highest BCUT2D eigenvalue weighted by atomic mass is 31.2. The van der Waals surface area contributed by atoms with Gasteiger partial charge in [0.25, 0.3) is 0 Å². The van der Waals surface area contributed by atoms with Gasteiger partial charge < -0.3 is 14.2 Å². The Bertz CT molecular complexity index is 438. The fraction of sp³-hybridized carbons (Fsp3) is 0.400. The monoisotopic (exact) mass is 259 g/mol. The zero-order valence-corrected chi connectivity index (χ0v) is 10.5. The van der Waals surface area contributed by atoms with Crippen molar-refractivity contribution in [3.8, 4) is 0 Å². The Morgan fingerprint density at radius 1 is 1.35 bits per heavy atom. The fourth-order valence-electron chi connectivity index (χ4n) is 1.20. The third kappa shape index (κ3) is 3.36. The summed E-state index contributed by atoms with van der Waals surface area (Å²) in [5, 5.41) is 8.80. The molecule has 6 nitrogen and oxygen atoms in total. The van der Waals surface area contributed by atoms with Crippen molar-refractivity contribution < 1.29 is 23.5 Å². The Balaban J connectivity index is 3.14. The number of aromatic carboxylic acids is 1. The van der Waals surface area contributed by atoms with Gasteiger partial charge in [0.15, 0.2) is 5.44 Å². The van der Waals surface area contributed by atoms with Crippen molar-refractivity contribution in [2.75, 3.05) is 13.2 Å². The first kappa shape index (κ1) is 13.8. The second-order valence-electron chi connectivity index (χ2n) is 3.02. The molecule has 0 aliphatic heterocycles. The Morgan fingerprint density at radius 3 is 2.41 bits per heavy atom. The summed E-state index contributed by atoms with van der Waals surface area (Å²) in [6, 6.07) is 4.20. The fourth-order valence-corrected chi connectivity index (χ4v) is 2.72. The van der Waals surface area contributed by atoms with E-state index in [1.54, 1.807) is 13.8 Å². The van der Waals surface area contributed by atoms with E-state index >= 15 is 0 Å². The highest BCUT2D eigenvalue weighted by Crippen LogP contribution is 2.45. The second-order valence-corrected chi connectivity index (χ2v) is 4.99. The molecule has 0 unspecified atom stereocenters. The minimum atomic E-state index is -3.51. The van der Waals surface area contributed by atoms with Crippen LogP contribution in [-0.4, -0.2) is 29.3 Å². The molecule has 1 N–H and O–H groups in total. The van der Waals surface area contributed by atoms with E-state index in [9.17, 15) is 9.36 Å². The van der Waals surface area contributed by atoms with Crippen molar-refractivity contribution >= 4 is 19.0 Å². The summed E-state index contributed by atoms with van der Waals surface area (Å²) in [6.45, 7) is 3.73. The second kappa shape index (κ2) is 5.91. The average Bonchev–Trinajstić information content (AvgIpc) is 2.30. The Kier molecular flexibility index (Phi) is 4.81. The summed E-state index contributed by atoms with van der Waals surface area (Å²) in [6.07, 6.45) is 0. The van der Waals surface area contributed by atoms with E-state index in [1.165, 1.54) is 18.2 Å². The smallest absolute Gasteiger partial charge is 0.379 e. The lowest BCUT2D eigenvalue weighted by atomic mass is 10.4. The molecular weight excluding hydrogens is 245 g/mol. The molecule has 1 aromatic rings. The molecular formula is C10H14NO5P. The molecule has 0 atom stereocenters. The Hall–Kier alpha value is -1.23. The molecule has 0 saturated heterocycles. The van der Waals surface area contributed by atoms with Gasteiger partial charge >= 0.3 is 13.6 Å². The quantitative estimate of drug-likeness (QED) is 0.782. The van der Waals surface area contributed by atoms with Crippen LogP contribution >= 0.6 is 7.60 Å². The van der Waals surface area contributed by atoms with Gasteiger partial charge in [-0.05, 0) is 26.0 Å². The molecule has 1 rings (SSSR count). The van der Waals surface area contributed by atoms with Gasteiger partial charge in [-0.2, -0.15) is 0 Å².